The Morgan fingerprint density at radius 2 is 2.05 bits per heavy atom. The van der Waals surface area contributed by atoms with Gasteiger partial charge in [0.15, 0.2) is 5.69 Å². The van der Waals surface area contributed by atoms with Gasteiger partial charge in [0.1, 0.15) is 11.5 Å². The zero-order chi connectivity index (χ0) is 14.1. The summed E-state index contributed by atoms with van der Waals surface area (Å²) >= 11 is 1.44. The summed E-state index contributed by atoms with van der Waals surface area (Å²) in [4.78, 5) is 11.9. The fourth-order valence-electron chi connectivity index (χ4n) is 1.89. The number of rotatable bonds is 3. The molecule has 2 heterocycles. The number of carboxylic acids is 1. The number of aromatic carboxylic acids is 1. The van der Waals surface area contributed by atoms with Gasteiger partial charge in [0.2, 0.25) is 0 Å². The standard InChI is InChI=1S/C14H9FN2O2S/c15-9-4-1-2-5-11(9)17-12(13-6-3-7-20-13)8-10(16-17)14(18)19/h1-8H,(H,18,19). The molecule has 0 unspecified atom stereocenters. The molecule has 0 atom stereocenters. The smallest absolute Gasteiger partial charge is 0.356 e. The number of carboxylic acid groups (broad SMARTS) is 1. The van der Waals surface area contributed by atoms with E-state index in [0.717, 1.165) is 4.88 Å². The van der Waals surface area contributed by atoms with E-state index in [0.29, 0.717) is 5.69 Å². The highest BCUT2D eigenvalue weighted by Crippen LogP contribution is 2.28. The fourth-order valence-corrected chi connectivity index (χ4v) is 2.62. The SMILES string of the molecule is O=C(O)c1cc(-c2cccs2)n(-c2ccccc2F)n1. The van der Waals surface area contributed by atoms with Crippen molar-refractivity contribution in [2.24, 2.45) is 0 Å². The topological polar surface area (TPSA) is 55.1 Å². The summed E-state index contributed by atoms with van der Waals surface area (Å²) in [7, 11) is 0. The van der Waals surface area contributed by atoms with Crippen LogP contribution in [0.3, 0.4) is 0 Å². The number of aromatic nitrogens is 2. The zero-order valence-corrected chi connectivity index (χ0v) is 11.0. The number of hydrogen-bond donors (Lipinski definition) is 1. The molecule has 0 aliphatic carbocycles. The molecular formula is C14H9FN2O2S. The van der Waals surface area contributed by atoms with Gasteiger partial charge in [0, 0.05) is 6.07 Å². The Hall–Kier alpha value is -2.47. The van der Waals surface area contributed by atoms with Gasteiger partial charge in [0.25, 0.3) is 0 Å². The highest BCUT2D eigenvalue weighted by atomic mass is 32.1. The lowest BCUT2D eigenvalue weighted by atomic mass is 10.2. The average molecular weight is 288 g/mol. The zero-order valence-electron chi connectivity index (χ0n) is 10.2. The van der Waals surface area contributed by atoms with Gasteiger partial charge in [-0.15, -0.1) is 11.3 Å². The van der Waals surface area contributed by atoms with Crippen LogP contribution in [0, 0.1) is 5.82 Å². The number of thiophene rings is 1. The van der Waals surface area contributed by atoms with E-state index in [9.17, 15) is 9.18 Å². The van der Waals surface area contributed by atoms with Crippen LogP contribution in [0.1, 0.15) is 10.5 Å². The monoisotopic (exact) mass is 288 g/mol. The van der Waals surface area contributed by atoms with Crippen molar-refractivity contribution >= 4 is 17.3 Å². The number of benzene rings is 1. The summed E-state index contributed by atoms with van der Waals surface area (Å²) in [5.74, 6) is -1.59. The van der Waals surface area contributed by atoms with Crippen molar-refractivity contribution in [1.82, 2.24) is 9.78 Å². The molecule has 6 heteroatoms. The second-order valence-electron chi connectivity index (χ2n) is 4.06. The summed E-state index contributed by atoms with van der Waals surface area (Å²) in [6, 6.07) is 11.3. The third-order valence-corrected chi connectivity index (χ3v) is 3.68. The minimum atomic E-state index is -1.14. The Kier molecular flexibility index (Phi) is 3.08. The molecule has 0 amide bonds. The molecule has 0 radical (unpaired) electrons. The van der Waals surface area contributed by atoms with E-state index in [2.05, 4.69) is 5.10 Å². The largest absolute Gasteiger partial charge is 0.476 e. The first-order valence-corrected chi connectivity index (χ1v) is 6.67. The molecule has 2 aromatic heterocycles. The number of para-hydroxylation sites is 1. The normalized spacial score (nSPS) is 10.7. The van der Waals surface area contributed by atoms with Crippen LogP contribution >= 0.6 is 11.3 Å². The Morgan fingerprint density at radius 1 is 1.25 bits per heavy atom. The van der Waals surface area contributed by atoms with Crippen molar-refractivity contribution < 1.29 is 14.3 Å². The van der Waals surface area contributed by atoms with E-state index in [-0.39, 0.29) is 11.4 Å². The molecule has 1 N–H and O–H groups in total. The lowest BCUT2D eigenvalue weighted by Crippen LogP contribution is -2.03. The van der Waals surface area contributed by atoms with E-state index >= 15 is 0 Å². The second-order valence-corrected chi connectivity index (χ2v) is 5.01. The molecule has 100 valence electrons. The Labute approximate surface area is 117 Å². The van der Waals surface area contributed by atoms with Gasteiger partial charge >= 0.3 is 5.97 Å². The maximum atomic E-state index is 13.9. The summed E-state index contributed by atoms with van der Waals surface area (Å²) in [6.45, 7) is 0. The van der Waals surface area contributed by atoms with E-state index in [1.165, 1.54) is 28.2 Å². The first-order chi connectivity index (χ1) is 9.66. The van der Waals surface area contributed by atoms with E-state index in [1.54, 1.807) is 18.2 Å². The number of hydrogen-bond acceptors (Lipinski definition) is 3. The molecular weight excluding hydrogens is 279 g/mol. The summed E-state index contributed by atoms with van der Waals surface area (Å²) in [5, 5.41) is 14.9. The molecule has 4 nitrogen and oxygen atoms in total. The fraction of sp³-hybridized carbons (Fsp3) is 0. The molecule has 20 heavy (non-hydrogen) atoms. The van der Waals surface area contributed by atoms with Crippen molar-refractivity contribution in [3.8, 4) is 16.3 Å². The number of nitrogens with zero attached hydrogens (tertiary/aromatic N) is 2. The Balaban J connectivity index is 2.24. The van der Waals surface area contributed by atoms with Gasteiger partial charge in [-0.1, -0.05) is 18.2 Å². The third-order valence-electron chi connectivity index (χ3n) is 2.78. The summed E-state index contributed by atoms with van der Waals surface area (Å²) < 4.78 is 15.2. The Morgan fingerprint density at radius 3 is 2.70 bits per heavy atom. The lowest BCUT2D eigenvalue weighted by Gasteiger charge is -2.06. The maximum Gasteiger partial charge on any atom is 0.356 e. The molecule has 0 spiro atoms. The average Bonchev–Trinajstić information content (AvgIpc) is 3.08. The second kappa shape index (κ2) is 4.90. The number of carbonyl (C=O) groups is 1. The highest BCUT2D eigenvalue weighted by Gasteiger charge is 2.18. The maximum absolute atomic E-state index is 13.9. The van der Waals surface area contributed by atoms with Crippen LogP contribution in [0.15, 0.2) is 47.8 Å². The first kappa shape index (κ1) is 12.6. The van der Waals surface area contributed by atoms with Crippen molar-refractivity contribution in [3.63, 3.8) is 0 Å². The third kappa shape index (κ3) is 2.10. The molecule has 3 rings (SSSR count). The molecule has 0 saturated heterocycles. The Bertz CT molecular complexity index is 765. The molecule has 0 aliphatic heterocycles. The predicted octanol–water partition coefficient (Wildman–Crippen LogP) is 3.44. The van der Waals surface area contributed by atoms with Gasteiger partial charge < -0.3 is 5.11 Å². The lowest BCUT2D eigenvalue weighted by molar-refractivity contribution is 0.0690. The highest BCUT2D eigenvalue weighted by molar-refractivity contribution is 7.13. The van der Waals surface area contributed by atoms with E-state index in [1.807, 2.05) is 17.5 Å². The van der Waals surface area contributed by atoms with Crippen molar-refractivity contribution in [2.45, 2.75) is 0 Å². The van der Waals surface area contributed by atoms with E-state index in [4.69, 9.17) is 5.11 Å². The molecule has 0 fully saturated rings. The van der Waals surface area contributed by atoms with Gasteiger partial charge in [0.05, 0.1) is 10.6 Å². The summed E-state index contributed by atoms with van der Waals surface area (Å²) in [5.41, 5.74) is 0.669. The quantitative estimate of drug-likeness (QED) is 0.803. The predicted molar refractivity (Wildman–Crippen MR) is 73.8 cm³/mol. The van der Waals surface area contributed by atoms with Crippen molar-refractivity contribution in [1.29, 1.82) is 0 Å². The van der Waals surface area contributed by atoms with Crippen LogP contribution in [0.2, 0.25) is 0 Å². The van der Waals surface area contributed by atoms with Crippen LogP contribution in [-0.4, -0.2) is 20.9 Å². The molecule has 1 aromatic carbocycles. The molecule has 0 aliphatic rings. The van der Waals surface area contributed by atoms with Crippen LogP contribution < -0.4 is 0 Å². The number of halogens is 1. The first-order valence-electron chi connectivity index (χ1n) is 5.79. The molecule has 0 bridgehead atoms. The van der Waals surface area contributed by atoms with E-state index < -0.39 is 11.8 Å². The van der Waals surface area contributed by atoms with Crippen molar-refractivity contribution in [3.05, 3.63) is 59.4 Å². The minimum absolute atomic E-state index is 0.114. The van der Waals surface area contributed by atoms with Gasteiger partial charge in [-0.2, -0.15) is 5.10 Å². The van der Waals surface area contributed by atoms with Crippen LogP contribution in [0.4, 0.5) is 4.39 Å². The summed E-state index contributed by atoms with van der Waals surface area (Å²) in [6.07, 6.45) is 0. The van der Waals surface area contributed by atoms with Crippen LogP contribution in [-0.2, 0) is 0 Å². The molecule has 0 saturated carbocycles. The van der Waals surface area contributed by atoms with Gasteiger partial charge in [-0.3, -0.25) is 0 Å². The van der Waals surface area contributed by atoms with Crippen molar-refractivity contribution in [2.75, 3.05) is 0 Å². The van der Waals surface area contributed by atoms with Gasteiger partial charge in [-0.25, -0.2) is 13.9 Å². The van der Waals surface area contributed by atoms with Crippen LogP contribution in [0.25, 0.3) is 16.3 Å². The molecule has 3 aromatic rings. The minimum Gasteiger partial charge on any atom is -0.476 e. The van der Waals surface area contributed by atoms with Crippen LogP contribution in [0.5, 0.6) is 0 Å². The van der Waals surface area contributed by atoms with Gasteiger partial charge in [-0.05, 0) is 23.6 Å².